The van der Waals surface area contributed by atoms with Crippen LogP contribution < -0.4 is 5.32 Å². The first-order valence-corrected chi connectivity index (χ1v) is 10.3. The summed E-state index contributed by atoms with van der Waals surface area (Å²) in [6.07, 6.45) is 9.03. The van der Waals surface area contributed by atoms with E-state index < -0.39 is 0 Å². The SMILES string of the molecule is O=C(NCc1ccco1)[C@@H]1CCCN1C(=O)c1cc2c(s1)CCCCC2. The summed E-state index contributed by atoms with van der Waals surface area (Å²) in [5, 5.41) is 2.90. The van der Waals surface area contributed by atoms with Gasteiger partial charge in [0.2, 0.25) is 5.91 Å². The predicted molar refractivity (Wildman–Crippen MR) is 100 cm³/mol. The molecule has 2 aliphatic rings. The minimum Gasteiger partial charge on any atom is -0.467 e. The third kappa shape index (κ3) is 3.56. The largest absolute Gasteiger partial charge is 0.467 e. The van der Waals surface area contributed by atoms with Gasteiger partial charge >= 0.3 is 0 Å². The van der Waals surface area contributed by atoms with Crippen LogP contribution in [0.25, 0.3) is 0 Å². The molecule has 138 valence electrons. The van der Waals surface area contributed by atoms with E-state index >= 15 is 0 Å². The Kier molecular flexibility index (Phi) is 5.11. The number of likely N-dealkylation sites (tertiary alicyclic amines) is 1. The monoisotopic (exact) mass is 372 g/mol. The van der Waals surface area contributed by atoms with E-state index in [-0.39, 0.29) is 17.9 Å². The minimum absolute atomic E-state index is 0.0127. The van der Waals surface area contributed by atoms with Gasteiger partial charge in [0.1, 0.15) is 11.8 Å². The van der Waals surface area contributed by atoms with Gasteiger partial charge in [-0.05, 0) is 62.3 Å². The van der Waals surface area contributed by atoms with E-state index in [1.807, 2.05) is 6.07 Å². The predicted octanol–water partition coefficient (Wildman–Crippen LogP) is 3.53. The summed E-state index contributed by atoms with van der Waals surface area (Å²) < 4.78 is 5.25. The van der Waals surface area contributed by atoms with Crippen LogP contribution in [0.1, 0.15) is 58.0 Å². The molecule has 4 rings (SSSR count). The van der Waals surface area contributed by atoms with Crippen LogP contribution >= 0.6 is 11.3 Å². The molecule has 1 N–H and O–H groups in total. The number of furan rings is 1. The third-order valence-electron chi connectivity index (χ3n) is 5.29. The summed E-state index contributed by atoms with van der Waals surface area (Å²) >= 11 is 1.63. The van der Waals surface area contributed by atoms with Gasteiger partial charge in [-0.15, -0.1) is 11.3 Å². The number of nitrogens with zero attached hydrogens (tertiary/aromatic N) is 1. The molecule has 26 heavy (non-hydrogen) atoms. The first-order chi connectivity index (χ1) is 12.7. The van der Waals surface area contributed by atoms with Gasteiger partial charge in [-0.3, -0.25) is 9.59 Å². The summed E-state index contributed by atoms with van der Waals surface area (Å²) in [5.41, 5.74) is 1.34. The van der Waals surface area contributed by atoms with Crippen LogP contribution in [0.2, 0.25) is 0 Å². The Morgan fingerprint density at radius 3 is 2.96 bits per heavy atom. The van der Waals surface area contributed by atoms with Crippen LogP contribution in [-0.4, -0.2) is 29.3 Å². The highest BCUT2D eigenvalue weighted by Crippen LogP contribution is 2.31. The molecule has 1 saturated heterocycles. The number of carbonyl (C=O) groups excluding carboxylic acids is 2. The maximum Gasteiger partial charge on any atom is 0.264 e. The molecule has 6 heteroatoms. The molecule has 5 nitrogen and oxygen atoms in total. The molecule has 2 amide bonds. The van der Waals surface area contributed by atoms with Crippen LogP contribution in [0.3, 0.4) is 0 Å². The van der Waals surface area contributed by atoms with Crippen molar-refractivity contribution in [2.24, 2.45) is 0 Å². The van der Waals surface area contributed by atoms with Crippen molar-refractivity contribution < 1.29 is 14.0 Å². The second-order valence-corrected chi connectivity index (χ2v) is 8.21. The van der Waals surface area contributed by atoms with Gasteiger partial charge in [0, 0.05) is 11.4 Å². The minimum atomic E-state index is -0.376. The quantitative estimate of drug-likeness (QED) is 0.835. The molecule has 3 heterocycles. The number of fused-ring (bicyclic) bond motifs is 1. The van der Waals surface area contributed by atoms with E-state index in [0.29, 0.717) is 13.1 Å². The van der Waals surface area contributed by atoms with Crippen molar-refractivity contribution in [3.63, 3.8) is 0 Å². The Bertz CT molecular complexity index is 758. The lowest BCUT2D eigenvalue weighted by molar-refractivity contribution is -0.125. The smallest absolute Gasteiger partial charge is 0.264 e. The highest BCUT2D eigenvalue weighted by molar-refractivity contribution is 7.14. The molecule has 0 spiro atoms. The average molecular weight is 372 g/mol. The highest BCUT2D eigenvalue weighted by atomic mass is 32.1. The molecule has 1 atom stereocenters. The van der Waals surface area contributed by atoms with E-state index in [9.17, 15) is 9.59 Å². The molecule has 2 aromatic rings. The van der Waals surface area contributed by atoms with Gasteiger partial charge < -0.3 is 14.6 Å². The van der Waals surface area contributed by atoms with Crippen LogP contribution in [0.5, 0.6) is 0 Å². The van der Waals surface area contributed by atoms with Crippen molar-refractivity contribution in [3.8, 4) is 0 Å². The van der Waals surface area contributed by atoms with Crippen LogP contribution in [0.15, 0.2) is 28.9 Å². The molecule has 0 unspecified atom stereocenters. The van der Waals surface area contributed by atoms with E-state index in [1.54, 1.807) is 28.6 Å². The van der Waals surface area contributed by atoms with Crippen molar-refractivity contribution in [2.75, 3.05) is 6.54 Å². The number of nitrogens with one attached hydrogen (secondary N) is 1. The van der Waals surface area contributed by atoms with Crippen LogP contribution in [-0.2, 0) is 24.2 Å². The zero-order valence-electron chi connectivity index (χ0n) is 14.8. The second-order valence-electron chi connectivity index (χ2n) is 7.07. The molecule has 1 fully saturated rings. The average Bonchev–Trinajstić information content (AvgIpc) is 3.38. The first kappa shape index (κ1) is 17.3. The summed E-state index contributed by atoms with van der Waals surface area (Å²) in [5.74, 6) is 0.639. The van der Waals surface area contributed by atoms with Crippen LogP contribution in [0.4, 0.5) is 0 Å². The topological polar surface area (TPSA) is 62.6 Å². The third-order valence-corrected chi connectivity index (χ3v) is 6.52. The van der Waals surface area contributed by atoms with Gasteiger partial charge in [0.05, 0.1) is 17.7 Å². The fourth-order valence-corrected chi connectivity index (χ4v) is 5.11. The van der Waals surface area contributed by atoms with Gasteiger partial charge in [0.15, 0.2) is 0 Å². The fraction of sp³-hybridized carbons (Fsp3) is 0.500. The summed E-state index contributed by atoms with van der Waals surface area (Å²) in [6, 6.07) is 5.33. The van der Waals surface area contributed by atoms with Crippen molar-refractivity contribution in [2.45, 2.75) is 57.5 Å². The second kappa shape index (κ2) is 7.66. The molecule has 0 saturated carbocycles. The van der Waals surface area contributed by atoms with E-state index in [4.69, 9.17) is 4.42 Å². The molecule has 0 bridgehead atoms. The number of carbonyl (C=O) groups is 2. The highest BCUT2D eigenvalue weighted by Gasteiger charge is 2.35. The molecule has 0 aromatic carbocycles. The van der Waals surface area contributed by atoms with Gasteiger partial charge in [0.25, 0.3) is 5.91 Å². The van der Waals surface area contributed by atoms with E-state index in [0.717, 1.165) is 36.3 Å². The Hall–Kier alpha value is -2.08. The zero-order valence-corrected chi connectivity index (χ0v) is 15.6. The van der Waals surface area contributed by atoms with Gasteiger partial charge in [-0.2, -0.15) is 0 Å². The molecule has 1 aliphatic carbocycles. The molecule has 0 radical (unpaired) electrons. The van der Waals surface area contributed by atoms with Crippen molar-refractivity contribution in [1.29, 1.82) is 0 Å². The van der Waals surface area contributed by atoms with Crippen molar-refractivity contribution in [1.82, 2.24) is 10.2 Å². The number of aryl methyl sites for hydroxylation is 2. The van der Waals surface area contributed by atoms with Crippen molar-refractivity contribution in [3.05, 3.63) is 45.5 Å². The Labute approximate surface area is 157 Å². The fourth-order valence-electron chi connectivity index (χ4n) is 3.90. The maximum absolute atomic E-state index is 13.0. The lowest BCUT2D eigenvalue weighted by atomic mass is 10.1. The molecular formula is C20H24N2O3S. The van der Waals surface area contributed by atoms with Crippen LogP contribution in [0, 0.1) is 0 Å². The summed E-state index contributed by atoms with van der Waals surface area (Å²) in [7, 11) is 0. The standard InChI is InChI=1S/C20H24N2O3S/c23-19(21-13-15-7-5-11-25-15)16-8-4-10-22(16)20(24)18-12-14-6-2-1-3-9-17(14)26-18/h5,7,11-12,16H,1-4,6,8-10,13H2,(H,21,23)/t16-/m0/s1. The number of rotatable bonds is 4. The normalized spacial score (nSPS) is 19.8. The Morgan fingerprint density at radius 1 is 1.23 bits per heavy atom. The first-order valence-electron chi connectivity index (χ1n) is 9.45. The zero-order chi connectivity index (χ0) is 17.9. The maximum atomic E-state index is 13.0. The Morgan fingerprint density at radius 2 is 2.12 bits per heavy atom. The lowest BCUT2D eigenvalue weighted by Crippen LogP contribution is -2.45. The lowest BCUT2D eigenvalue weighted by Gasteiger charge is -2.23. The number of hydrogen-bond acceptors (Lipinski definition) is 4. The molecule has 2 aromatic heterocycles. The van der Waals surface area contributed by atoms with E-state index in [2.05, 4.69) is 11.4 Å². The molecular weight excluding hydrogens is 348 g/mol. The summed E-state index contributed by atoms with van der Waals surface area (Å²) in [4.78, 5) is 29.5. The Balaban J connectivity index is 1.44. The van der Waals surface area contributed by atoms with Crippen molar-refractivity contribution >= 4 is 23.2 Å². The number of thiophene rings is 1. The van der Waals surface area contributed by atoms with Gasteiger partial charge in [-0.1, -0.05) is 6.42 Å². The number of amides is 2. The number of hydrogen-bond donors (Lipinski definition) is 1. The van der Waals surface area contributed by atoms with E-state index in [1.165, 1.54) is 29.7 Å². The summed E-state index contributed by atoms with van der Waals surface area (Å²) in [6.45, 7) is 1.01. The van der Waals surface area contributed by atoms with Gasteiger partial charge in [-0.25, -0.2) is 0 Å². The molecule has 1 aliphatic heterocycles.